The second-order valence-corrected chi connectivity index (χ2v) is 6.13. The van der Waals surface area contributed by atoms with Gasteiger partial charge in [-0.25, -0.2) is 0 Å². The number of thioether (sulfide) groups is 1. The van der Waals surface area contributed by atoms with Crippen LogP contribution in [0, 0.1) is 5.92 Å². The number of hydrogen-bond donors (Lipinski definition) is 2. The molecule has 0 bridgehead atoms. The Labute approximate surface area is 102 Å². The van der Waals surface area contributed by atoms with Crippen LogP contribution in [-0.4, -0.2) is 29.5 Å². The zero-order valence-electron chi connectivity index (χ0n) is 9.78. The molecule has 1 heterocycles. The van der Waals surface area contributed by atoms with E-state index in [1.807, 2.05) is 11.8 Å². The molecule has 1 amide bonds. The van der Waals surface area contributed by atoms with Crippen molar-refractivity contribution >= 4 is 17.7 Å². The smallest absolute Gasteiger partial charge is 0.222 e. The van der Waals surface area contributed by atoms with Crippen LogP contribution in [0.4, 0.5) is 0 Å². The van der Waals surface area contributed by atoms with Crippen molar-refractivity contribution in [1.29, 1.82) is 0 Å². The van der Waals surface area contributed by atoms with Crippen LogP contribution in [0.25, 0.3) is 0 Å². The van der Waals surface area contributed by atoms with E-state index in [1.54, 1.807) is 0 Å². The van der Waals surface area contributed by atoms with Gasteiger partial charge in [-0.05, 0) is 25.0 Å². The topological polar surface area (TPSA) is 55.1 Å². The van der Waals surface area contributed by atoms with E-state index in [9.17, 15) is 4.79 Å². The SMILES string of the molecule is NC(=O)C1CCCCCC1NC1CCSC1. The summed E-state index contributed by atoms with van der Waals surface area (Å²) in [5, 5.41) is 3.67. The van der Waals surface area contributed by atoms with E-state index >= 15 is 0 Å². The number of hydrogen-bond acceptors (Lipinski definition) is 3. The first-order valence-corrected chi connectivity index (χ1v) is 7.56. The molecule has 3 atom stereocenters. The first kappa shape index (κ1) is 12.2. The maximum atomic E-state index is 11.5. The molecule has 3 nitrogen and oxygen atoms in total. The fraction of sp³-hybridized carbons (Fsp3) is 0.917. The number of nitrogens with one attached hydrogen (secondary N) is 1. The largest absolute Gasteiger partial charge is 0.369 e. The first-order chi connectivity index (χ1) is 7.77. The summed E-state index contributed by atoms with van der Waals surface area (Å²) in [6.07, 6.45) is 6.99. The molecule has 0 spiro atoms. The van der Waals surface area contributed by atoms with Gasteiger partial charge in [0.1, 0.15) is 0 Å². The minimum atomic E-state index is -0.106. The number of carbonyl (C=O) groups is 1. The van der Waals surface area contributed by atoms with Crippen LogP contribution in [0.3, 0.4) is 0 Å². The normalized spacial score (nSPS) is 35.9. The fourth-order valence-electron chi connectivity index (χ4n) is 2.82. The highest BCUT2D eigenvalue weighted by Gasteiger charge is 2.30. The van der Waals surface area contributed by atoms with Gasteiger partial charge in [-0.15, -0.1) is 0 Å². The van der Waals surface area contributed by atoms with Gasteiger partial charge in [0.2, 0.25) is 5.91 Å². The van der Waals surface area contributed by atoms with E-state index in [-0.39, 0.29) is 11.8 Å². The first-order valence-electron chi connectivity index (χ1n) is 6.40. The van der Waals surface area contributed by atoms with Crippen molar-refractivity contribution in [2.24, 2.45) is 11.7 Å². The molecule has 4 heteroatoms. The molecule has 1 aliphatic carbocycles. The number of carbonyl (C=O) groups excluding carboxylic acids is 1. The minimum Gasteiger partial charge on any atom is -0.369 e. The number of rotatable bonds is 3. The van der Waals surface area contributed by atoms with E-state index in [2.05, 4.69) is 5.32 Å². The third kappa shape index (κ3) is 3.14. The van der Waals surface area contributed by atoms with E-state index in [0.29, 0.717) is 12.1 Å². The molecule has 0 aromatic heterocycles. The van der Waals surface area contributed by atoms with Gasteiger partial charge >= 0.3 is 0 Å². The molecule has 0 aromatic rings. The Morgan fingerprint density at radius 3 is 2.69 bits per heavy atom. The van der Waals surface area contributed by atoms with E-state index < -0.39 is 0 Å². The molecule has 0 radical (unpaired) electrons. The lowest BCUT2D eigenvalue weighted by Gasteiger charge is -2.26. The second-order valence-electron chi connectivity index (χ2n) is 4.98. The third-order valence-electron chi connectivity index (χ3n) is 3.76. The molecule has 2 fully saturated rings. The van der Waals surface area contributed by atoms with Gasteiger partial charge in [-0.3, -0.25) is 4.79 Å². The minimum absolute atomic E-state index is 0.0631. The van der Waals surface area contributed by atoms with Gasteiger partial charge in [-0.1, -0.05) is 19.3 Å². The van der Waals surface area contributed by atoms with Crippen LogP contribution in [0.5, 0.6) is 0 Å². The van der Waals surface area contributed by atoms with Crippen molar-refractivity contribution in [2.75, 3.05) is 11.5 Å². The van der Waals surface area contributed by atoms with Crippen molar-refractivity contribution in [1.82, 2.24) is 5.32 Å². The third-order valence-corrected chi connectivity index (χ3v) is 4.92. The molecule has 2 rings (SSSR count). The van der Waals surface area contributed by atoms with Crippen LogP contribution in [0.15, 0.2) is 0 Å². The molecule has 2 aliphatic rings. The molecule has 1 saturated heterocycles. The molecule has 0 aromatic carbocycles. The molecule has 3 unspecified atom stereocenters. The molecular weight excluding hydrogens is 220 g/mol. The summed E-state index contributed by atoms with van der Waals surface area (Å²) in [7, 11) is 0. The summed E-state index contributed by atoms with van der Waals surface area (Å²) >= 11 is 2.01. The maximum absolute atomic E-state index is 11.5. The highest BCUT2D eigenvalue weighted by atomic mass is 32.2. The number of nitrogens with two attached hydrogens (primary N) is 1. The predicted octanol–water partition coefficient (Wildman–Crippen LogP) is 1.52. The highest BCUT2D eigenvalue weighted by Crippen LogP contribution is 2.26. The van der Waals surface area contributed by atoms with E-state index in [4.69, 9.17) is 5.73 Å². The summed E-state index contributed by atoms with van der Waals surface area (Å²) in [5.41, 5.74) is 5.52. The van der Waals surface area contributed by atoms with Crippen LogP contribution < -0.4 is 11.1 Å². The molecule has 16 heavy (non-hydrogen) atoms. The molecule has 92 valence electrons. The van der Waals surface area contributed by atoms with Gasteiger partial charge in [-0.2, -0.15) is 11.8 Å². The standard InChI is InChI=1S/C12H22N2OS/c13-12(15)10-4-2-1-3-5-11(10)14-9-6-7-16-8-9/h9-11,14H,1-8H2,(H2,13,15). The molecule has 3 N–H and O–H groups in total. The summed E-state index contributed by atoms with van der Waals surface area (Å²) < 4.78 is 0. The number of primary amides is 1. The van der Waals surface area contributed by atoms with Crippen molar-refractivity contribution < 1.29 is 4.79 Å². The molecular formula is C12H22N2OS. The quantitative estimate of drug-likeness (QED) is 0.738. The Balaban J connectivity index is 1.93. The Kier molecular flexibility index (Phi) is 4.53. The van der Waals surface area contributed by atoms with Crippen LogP contribution in [0.2, 0.25) is 0 Å². The van der Waals surface area contributed by atoms with Crippen LogP contribution >= 0.6 is 11.8 Å². The summed E-state index contributed by atoms with van der Waals surface area (Å²) in [5.74, 6) is 2.41. The fourth-order valence-corrected chi connectivity index (χ4v) is 3.98. The lowest BCUT2D eigenvalue weighted by molar-refractivity contribution is -0.122. The summed E-state index contributed by atoms with van der Waals surface area (Å²) in [4.78, 5) is 11.5. The zero-order valence-corrected chi connectivity index (χ0v) is 10.6. The predicted molar refractivity (Wildman–Crippen MR) is 68.4 cm³/mol. The lowest BCUT2D eigenvalue weighted by atomic mass is 9.93. The molecule has 1 aliphatic heterocycles. The van der Waals surface area contributed by atoms with Crippen molar-refractivity contribution in [2.45, 2.75) is 50.6 Å². The van der Waals surface area contributed by atoms with Crippen molar-refractivity contribution in [3.05, 3.63) is 0 Å². The van der Waals surface area contributed by atoms with Gasteiger partial charge < -0.3 is 11.1 Å². The zero-order chi connectivity index (χ0) is 11.4. The Morgan fingerprint density at radius 1 is 1.19 bits per heavy atom. The van der Waals surface area contributed by atoms with E-state index in [1.165, 1.54) is 30.8 Å². The van der Waals surface area contributed by atoms with Gasteiger partial charge in [0, 0.05) is 17.8 Å². The summed E-state index contributed by atoms with van der Waals surface area (Å²) in [6.45, 7) is 0. The average molecular weight is 242 g/mol. The van der Waals surface area contributed by atoms with Crippen molar-refractivity contribution in [3.63, 3.8) is 0 Å². The summed E-state index contributed by atoms with van der Waals surface area (Å²) in [6, 6.07) is 0.943. The maximum Gasteiger partial charge on any atom is 0.222 e. The monoisotopic (exact) mass is 242 g/mol. The van der Waals surface area contributed by atoms with Crippen molar-refractivity contribution in [3.8, 4) is 0 Å². The second kappa shape index (κ2) is 5.92. The van der Waals surface area contributed by atoms with Gasteiger partial charge in [0.25, 0.3) is 0 Å². The van der Waals surface area contributed by atoms with E-state index in [0.717, 1.165) is 19.3 Å². The van der Waals surface area contributed by atoms with Crippen LogP contribution in [0.1, 0.15) is 38.5 Å². The Morgan fingerprint density at radius 2 is 2.00 bits per heavy atom. The average Bonchev–Trinajstić information content (AvgIpc) is 2.63. The lowest BCUT2D eigenvalue weighted by Crippen LogP contribution is -2.46. The van der Waals surface area contributed by atoms with Gasteiger partial charge in [0.05, 0.1) is 5.92 Å². The number of amides is 1. The Bertz CT molecular complexity index is 241. The highest BCUT2D eigenvalue weighted by molar-refractivity contribution is 7.99. The van der Waals surface area contributed by atoms with Gasteiger partial charge in [0.15, 0.2) is 0 Å². The van der Waals surface area contributed by atoms with Crippen LogP contribution in [-0.2, 0) is 4.79 Å². The molecule has 1 saturated carbocycles. The Hall–Kier alpha value is -0.220.